The molecular formula is C26H19BrIN3O3. The van der Waals surface area contributed by atoms with Crippen molar-refractivity contribution >= 4 is 66.6 Å². The lowest BCUT2D eigenvalue weighted by atomic mass is 10.2. The van der Waals surface area contributed by atoms with E-state index in [0.717, 1.165) is 24.7 Å². The first-order chi connectivity index (χ1) is 16.4. The van der Waals surface area contributed by atoms with E-state index in [2.05, 4.69) is 43.6 Å². The molecule has 0 atom stereocenters. The maximum absolute atomic E-state index is 13.4. The molecule has 0 aliphatic heterocycles. The molecule has 0 N–H and O–H groups in total. The molecule has 2 aromatic heterocycles. The molecule has 2 heterocycles. The minimum absolute atomic E-state index is 0.0854. The molecular weight excluding hydrogens is 609 g/mol. The molecule has 0 spiro atoms. The smallest absolute Gasteiger partial charge is 0.282 e. The first kappa shape index (κ1) is 22.8. The fourth-order valence-electron chi connectivity index (χ4n) is 3.59. The van der Waals surface area contributed by atoms with Gasteiger partial charge < -0.3 is 9.15 Å². The largest absolute Gasteiger partial charge is 0.490 e. The highest BCUT2D eigenvalue weighted by atomic mass is 127. The summed E-state index contributed by atoms with van der Waals surface area (Å²) in [5.74, 6) is 1.61. The van der Waals surface area contributed by atoms with Gasteiger partial charge in [0.2, 0.25) is 5.82 Å². The number of aromatic nitrogens is 2. The van der Waals surface area contributed by atoms with E-state index in [1.54, 1.807) is 12.3 Å². The lowest BCUT2D eigenvalue weighted by Gasteiger charge is -2.11. The second-order valence-electron chi connectivity index (χ2n) is 7.96. The summed E-state index contributed by atoms with van der Waals surface area (Å²) in [6, 6.07) is 20.6. The first-order valence-corrected chi connectivity index (χ1v) is 12.5. The summed E-state index contributed by atoms with van der Waals surface area (Å²) in [6.45, 7) is 3.98. The zero-order valence-electron chi connectivity index (χ0n) is 18.3. The van der Waals surface area contributed by atoms with Gasteiger partial charge in [0, 0.05) is 9.86 Å². The number of ether oxygens (including phenoxy) is 1. The third-order valence-corrected chi connectivity index (χ3v) is 6.43. The molecule has 5 aromatic rings. The van der Waals surface area contributed by atoms with E-state index in [1.807, 2.05) is 74.5 Å². The van der Waals surface area contributed by atoms with Crippen LogP contribution in [-0.2, 0) is 0 Å². The standard InChI is InChI=1S/C26H19BrIN3O3/c1-15(2)33-23-9-7-16(11-20(23)28)14-29-31-25(30-21-6-4-3-5-19(21)26(31)32)24-13-17-12-18(27)8-10-22(17)34-24/h3-15H,1-2H3. The van der Waals surface area contributed by atoms with Gasteiger partial charge in [-0.3, -0.25) is 4.79 Å². The highest BCUT2D eigenvalue weighted by Crippen LogP contribution is 2.29. The number of furan rings is 1. The van der Waals surface area contributed by atoms with Crippen LogP contribution in [0.4, 0.5) is 0 Å². The number of rotatable bonds is 5. The summed E-state index contributed by atoms with van der Waals surface area (Å²) in [4.78, 5) is 18.1. The summed E-state index contributed by atoms with van der Waals surface area (Å²) in [6.07, 6.45) is 1.73. The zero-order valence-corrected chi connectivity index (χ0v) is 22.1. The van der Waals surface area contributed by atoms with Gasteiger partial charge in [0.15, 0.2) is 5.76 Å². The van der Waals surface area contributed by atoms with E-state index in [1.165, 1.54) is 4.68 Å². The van der Waals surface area contributed by atoms with Gasteiger partial charge in [0.1, 0.15) is 11.3 Å². The minimum atomic E-state index is -0.270. The van der Waals surface area contributed by atoms with Crippen LogP contribution < -0.4 is 10.3 Å². The van der Waals surface area contributed by atoms with Crippen molar-refractivity contribution in [3.8, 4) is 17.3 Å². The summed E-state index contributed by atoms with van der Waals surface area (Å²) in [7, 11) is 0. The molecule has 0 saturated carbocycles. The van der Waals surface area contributed by atoms with Crippen molar-refractivity contribution in [1.29, 1.82) is 0 Å². The van der Waals surface area contributed by atoms with Gasteiger partial charge in [-0.05, 0) is 96.6 Å². The van der Waals surface area contributed by atoms with Gasteiger partial charge in [-0.1, -0.05) is 28.1 Å². The highest BCUT2D eigenvalue weighted by Gasteiger charge is 2.16. The quantitative estimate of drug-likeness (QED) is 0.158. The topological polar surface area (TPSA) is 69.6 Å². The Labute approximate surface area is 217 Å². The Morgan fingerprint density at radius 2 is 1.94 bits per heavy atom. The van der Waals surface area contributed by atoms with Gasteiger partial charge in [-0.15, -0.1) is 0 Å². The number of benzene rings is 3. The molecule has 170 valence electrons. The van der Waals surface area contributed by atoms with Gasteiger partial charge in [-0.2, -0.15) is 9.78 Å². The Kier molecular flexibility index (Phi) is 6.26. The summed E-state index contributed by atoms with van der Waals surface area (Å²) >= 11 is 5.72. The van der Waals surface area contributed by atoms with Crippen LogP contribution in [0.5, 0.6) is 5.75 Å². The summed E-state index contributed by atoms with van der Waals surface area (Å²) < 4.78 is 15.0. The molecule has 8 heteroatoms. The van der Waals surface area contributed by atoms with Crippen LogP contribution in [0, 0.1) is 3.57 Å². The number of nitrogens with zero attached hydrogens (tertiary/aromatic N) is 3. The number of para-hydroxylation sites is 1. The molecule has 0 radical (unpaired) electrons. The second kappa shape index (κ2) is 9.34. The third kappa shape index (κ3) is 4.52. The Morgan fingerprint density at radius 3 is 2.74 bits per heavy atom. The normalized spacial score (nSPS) is 11.8. The third-order valence-electron chi connectivity index (χ3n) is 5.09. The number of fused-ring (bicyclic) bond motifs is 2. The lowest BCUT2D eigenvalue weighted by Crippen LogP contribution is -2.20. The number of hydrogen-bond acceptors (Lipinski definition) is 5. The monoisotopic (exact) mass is 627 g/mol. The molecule has 0 amide bonds. The Hall–Kier alpha value is -2.98. The average Bonchev–Trinajstić information content (AvgIpc) is 3.23. The highest BCUT2D eigenvalue weighted by molar-refractivity contribution is 14.1. The van der Waals surface area contributed by atoms with Gasteiger partial charge in [0.05, 0.1) is 26.8 Å². The van der Waals surface area contributed by atoms with E-state index in [-0.39, 0.29) is 11.7 Å². The molecule has 3 aromatic carbocycles. The molecule has 0 bridgehead atoms. The molecule has 0 saturated heterocycles. The molecule has 6 nitrogen and oxygen atoms in total. The average molecular weight is 628 g/mol. The van der Waals surface area contributed by atoms with Crippen LogP contribution in [0.3, 0.4) is 0 Å². The molecule has 0 aliphatic rings. The lowest BCUT2D eigenvalue weighted by molar-refractivity contribution is 0.240. The Bertz CT molecular complexity index is 1620. The van der Waals surface area contributed by atoms with Crippen molar-refractivity contribution in [3.63, 3.8) is 0 Å². The Balaban J connectivity index is 1.64. The molecule has 0 unspecified atom stereocenters. The van der Waals surface area contributed by atoms with Crippen molar-refractivity contribution in [1.82, 2.24) is 9.66 Å². The van der Waals surface area contributed by atoms with Crippen LogP contribution in [0.2, 0.25) is 0 Å². The first-order valence-electron chi connectivity index (χ1n) is 10.6. The summed E-state index contributed by atoms with van der Waals surface area (Å²) in [5.41, 5.74) is 1.85. The van der Waals surface area contributed by atoms with Crippen LogP contribution >= 0.6 is 38.5 Å². The number of hydrogen-bond donors (Lipinski definition) is 0. The van der Waals surface area contributed by atoms with Crippen molar-refractivity contribution < 1.29 is 9.15 Å². The fraction of sp³-hybridized carbons (Fsp3) is 0.115. The van der Waals surface area contributed by atoms with Crippen LogP contribution in [0.15, 0.2) is 85.5 Å². The maximum atomic E-state index is 13.4. The van der Waals surface area contributed by atoms with E-state index in [9.17, 15) is 4.79 Å². The van der Waals surface area contributed by atoms with Crippen LogP contribution in [0.25, 0.3) is 33.5 Å². The van der Waals surface area contributed by atoms with E-state index in [0.29, 0.717) is 28.1 Å². The van der Waals surface area contributed by atoms with E-state index >= 15 is 0 Å². The van der Waals surface area contributed by atoms with Crippen LogP contribution in [0.1, 0.15) is 19.4 Å². The van der Waals surface area contributed by atoms with Crippen molar-refractivity contribution in [2.75, 3.05) is 0 Å². The fourth-order valence-corrected chi connectivity index (χ4v) is 4.63. The zero-order chi connectivity index (χ0) is 23.8. The van der Waals surface area contributed by atoms with E-state index < -0.39 is 0 Å². The molecule has 0 aliphatic carbocycles. The van der Waals surface area contributed by atoms with Gasteiger partial charge in [-0.25, -0.2) is 4.98 Å². The van der Waals surface area contributed by atoms with Crippen LogP contribution in [-0.4, -0.2) is 22.0 Å². The van der Waals surface area contributed by atoms with Crippen molar-refractivity contribution in [2.24, 2.45) is 5.10 Å². The predicted octanol–water partition coefficient (Wildman–Crippen LogP) is 6.85. The number of halogens is 2. The Morgan fingerprint density at radius 1 is 1.12 bits per heavy atom. The SMILES string of the molecule is CC(C)Oc1ccc(C=Nn2c(-c3cc4cc(Br)ccc4o3)nc3ccccc3c2=O)cc1I. The van der Waals surface area contributed by atoms with Crippen molar-refractivity contribution in [3.05, 3.63) is 90.7 Å². The second-order valence-corrected chi connectivity index (χ2v) is 10.0. The maximum Gasteiger partial charge on any atom is 0.282 e. The molecule has 34 heavy (non-hydrogen) atoms. The van der Waals surface area contributed by atoms with Gasteiger partial charge >= 0.3 is 0 Å². The minimum Gasteiger partial charge on any atom is -0.490 e. The summed E-state index contributed by atoms with van der Waals surface area (Å²) in [5, 5.41) is 5.91. The van der Waals surface area contributed by atoms with E-state index in [4.69, 9.17) is 14.1 Å². The van der Waals surface area contributed by atoms with Gasteiger partial charge in [0.25, 0.3) is 5.56 Å². The molecule has 5 rings (SSSR count). The molecule has 0 fully saturated rings. The van der Waals surface area contributed by atoms with Crippen molar-refractivity contribution in [2.45, 2.75) is 20.0 Å². The predicted molar refractivity (Wildman–Crippen MR) is 147 cm³/mol.